The largest absolute Gasteiger partial charge is 0.491 e. The first kappa shape index (κ1) is 22.4. The zero-order valence-electron chi connectivity index (χ0n) is 17.5. The summed E-state index contributed by atoms with van der Waals surface area (Å²) in [5.74, 6) is -1.06. The molecule has 1 aliphatic heterocycles. The van der Waals surface area contributed by atoms with Crippen molar-refractivity contribution < 1.29 is 42.0 Å². The number of aliphatic hydroxyl groups is 1. The Hall–Kier alpha value is -4.39. The Morgan fingerprint density at radius 1 is 1.06 bits per heavy atom. The van der Waals surface area contributed by atoms with Gasteiger partial charge in [0.25, 0.3) is 5.89 Å². The molecule has 13 heteroatoms. The topological polar surface area (TPSA) is 144 Å². The fraction of sp³-hybridized carbons (Fsp3) is 0.182. The third-order valence-electron chi connectivity index (χ3n) is 5.34. The van der Waals surface area contributed by atoms with Crippen LogP contribution in [0.3, 0.4) is 0 Å². The summed E-state index contributed by atoms with van der Waals surface area (Å²) in [5.41, 5.74) is -0.700. The number of carbonyl (C=O) groups is 1. The number of rotatable bonds is 4. The number of fused-ring (bicyclic) bond motifs is 1. The van der Waals surface area contributed by atoms with E-state index in [0.717, 1.165) is 0 Å². The fourth-order valence-electron chi connectivity index (χ4n) is 3.73. The van der Waals surface area contributed by atoms with Gasteiger partial charge in [-0.1, -0.05) is 52.8 Å². The lowest BCUT2D eigenvalue weighted by molar-refractivity contribution is -0.137. The van der Waals surface area contributed by atoms with Gasteiger partial charge in [0.1, 0.15) is 29.7 Å². The molecule has 3 N–H and O–H groups in total. The number of hydrogen-bond donors (Lipinski definition) is 3. The Labute approximate surface area is 193 Å². The molecule has 180 valence electrons. The minimum atomic E-state index is -4.81. The average Bonchev–Trinajstić information content (AvgIpc) is 3.48. The molecule has 0 fully saturated rings. The zero-order chi connectivity index (χ0) is 24.7. The maximum Gasteiger partial charge on any atom is 0.422 e. The second-order valence-electron chi connectivity index (χ2n) is 7.59. The Kier molecular flexibility index (Phi) is 5.40. The van der Waals surface area contributed by atoms with Crippen LogP contribution in [0, 0.1) is 0 Å². The van der Waals surface area contributed by atoms with Gasteiger partial charge in [0.15, 0.2) is 0 Å². The predicted molar refractivity (Wildman–Crippen MR) is 111 cm³/mol. The molecule has 2 atom stereocenters. The predicted octanol–water partition coefficient (Wildman–Crippen LogP) is 4.14. The summed E-state index contributed by atoms with van der Waals surface area (Å²) in [7, 11) is 0. The molecule has 0 spiro atoms. The van der Waals surface area contributed by atoms with Gasteiger partial charge in [0.05, 0.1) is 6.04 Å². The molecule has 1 amide bonds. The molecule has 3 heterocycles. The molecule has 0 radical (unpaired) electrons. The number of nitrogens with one attached hydrogen (secondary N) is 1. The van der Waals surface area contributed by atoms with E-state index in [9.17, 15) is 23.1 Å². The summed E-state index contributed by atoms with van der Waals surface area (Å²) in [6.45, 7) is -0.128. The molecule has 2 aromatic heterocycles. The van der Waals surface area contributed by atoms with Crippen molar-refractivity contribution in [1.82, 2.24) is 20.6 Å². The van der Waals surface area contributed by atoms with E-state index in [-0.39, 0.29) is 23.7 Å². The van der Waals surface area contributed by atoms with Crippen LogP contribution in [0.2, 0.25) is 0 Å². The number of carboxylic acid groups (broad SMARTS) is 1. The highest BCUT2D eigenvalue weighted by molar-refractivity contribution is 5.71. The van der Waals surface area contributed by atoms with Gasteiger partial charge < -0.3 is 29.3 Å². The van der Waals surface area contributed by atoms with Gasteiger partial charge in [-0.2, -0.15) is 18.2 Å². The number of halogens is 3. The van der Waals surface area contributed by atoms with E-state index in [1.807, 2.05) is 0 Å². The van der Waals surface area contributed by atoms with E-state index in [1.165, 1.54) is 30.3 Å². The SMILES string of the molecule is O=C(O)NC1COc2cc(-c3noc(-c4onc(-c5ccccc5)c4C(F)(F)F)n3)ccc2[C@H]1O. The van der Waals surface area contributed by atoms with Gasteiger partial charge in [0.2, 0.25) is 11.6 Å². The summed E-state index contributed by atoms with van der Waals surface area (Å²) in [5, 5.41) is 28.8. The van der Waals surface area contributed by atoms with Crippen molar-refractivity contribution in [3.05, 3.63) is 59.7 Å². The quantitative estimate of drug-likeness (QED) is 0.386. The van der Waals surface area contributed by atoms with Gasteiger partial charge in [-0.25, -0.2) is 4.79 Å². The second-order valence-corrected chi connectivity index (χ2v) is 7.59. The number of aromatic nitrogens is 3. The molecule has 5 rings (SSSR count). The van der Waals surface area contributed by atoms with E-state index in [2.05, 4.69) is 20.6 Å². The molecule has 0 aliphatic carbocycles. The van der Waals surface area contributed by atoms with Crippen LogP contribution in [0.15, 0.2) is 57.6 Å². The number of aliphatic hydroxyl groups excluding tert-OH is 1. The lowest BCUT2D eigenvalue weighted by atomic mass is 9.97. The van der Waals surface area contributed by atoms with Gasteiger partial charge >= 0.3 is 12.3 Å². The number of ether oxygens (including phenoxy) is 1. The first-order chi connectivity index (χ1) is 16.7. The van der Waals surface area contributed by atoms with Crippen LogP contribution in [0.25, 0.3) is 34.3 Å². The molecule has 0 saturated heterocycles. The van der Waals surface area contributed by atoms with Gasteiger partial charge in [-0.15, -0.1) is 0 Å². The molecule has 1 aliphatic rings. The van der Waals surface area contributed by atoms with E-state index < -0.39 is 47.3 Å². The normalized spacial score (nSPS) is 17.5. The Balaban J connectivity index is 1.48. The lowest BCUT2D eigenvalue weighted by Gasteiger charge is -2.30. The first-order valence-corrected chi connectivity index (χ1v) is 10.1. The monoisotopic (exact) mass is 488 g/mol. The first-order valence-electron chi connectivity index (χ1n) is 10.1. The van der Waals surface area contributed by atoms with Gasteiger partial charge in [-0.3, -0.25) is 0 Å². The van der Waals surface area contributed by atoms with E-state index in [4.69, 9.17) is 18.9 Å². The van der Waals surface area contributed by atoms with Crippen LogP contribution in [-0.2, 0) is 6.18 Å². The molecule has 10 nitrogen and oxygen atoms in total. The second kappa shape index (κ2) is 8.43. The highest BCUT2D eigenvalue weighted by Gasteiger charge is 2.43. The van der Waals surface area contributed by atoms with Gasteiger partial charge in [-0.05, 0) is 6.07 Å². The van der Waals surface area contributed by atoms with Crippen molar-refractivity contribution in [3.63, 3.8) is 0 Å². The maximum atomic E-state index is 13.9. The standard InChI is InChI=1S/C22H15F3N4O6/c23-22(24,25)15-16(10-4-2-1-3-5-10)28-34-18(15)20-27-19(29-35-20)11-6-7-12-14(8-11)33-9-13(17(12)30)26-21(31)32/h1-8,13,17,26,30H,9H2,(H,31,32)/t13?,17-/m1/s1. The molecular formula is C22H15F3N4O6. The Morgan fingerprint density at radius 2 is 1.83 bits per heavy atom. The van der Waals surface area contributed by atoms with Crippen molar-refractivity contribution in [1.29, 1.82) is 0 Å². The number of amides is 1. The van der Waals surface area contributed by atoms with Crippen molar-refractivity contribution in [2.45, 2.75) is 18.3 Å². The number of benzene rings is 2. The minimum Gasteiger partial charge on any atom is -0.491 e. The van der Waals surface area contributed by atoms with Crippen LogP contribution in [0.4, 0.5) is 18.0 Å². The summed E-state index contributed by atoms with van der Waals surface area (Å²) < 4.78 is 57.3. The summed E-state index contributed by atoms with van der Waals surface area (Å²) in [6, 6.07) is 11.3. The number of alkyl halides is 3. The molecule has 0 saturated carbocycles. The van der Waals surface area contributed by atoms with Crippen LogP contribution in [-0.4, -0.2) is 44.3 Å². The van der Waals surface area contributed by atoms with Crippen molar-refractivity contribution in [3.8, 4) is 40.0 Å². The molecule has 35 heavy (non-hydrogen) atoms. The van der Waals surface area contributed by atoms with Crippen molar-refractivity contribution in [2.24, 2.45) is 0 Å². The van der Waals surface area contributed by atoms with Crippen LogP contribution >= 0.6 is 0 Å². The fourth-order valence-corrected chi connectivity index (χ4v) is 3.73. The van der Waals surface area contributed by atoms with E-state index >= 15 is 0 Å². The Morgan fingerprint density at radius 3 is 2.54 bits per heavy atom. The summed E-state index contributed by atoms with van der Waals surface area (Å²) in [4.78, 5) is 14.9. The number of hydrogen-bond acceptors (Lipinski definition) is 8. The molecule has 0 bridgehead atoms. The lowest BCUT2D eigenvalue weighted by Crippen LogP contribution is -2.45. The zero-order valence-corrected chi connectivity index (χ0v) is 17.5. The van der Waals surface area contributed by atoms with Crippen LogP contribution < -0.4 is 10.1 Å². The average molecular weight is 488 g/mol. The third kappa shape index (κ3) is 4.17. The van der Waals surface area contributed by atoms with Crippen LogP contribution in [0.5, 0.6) is 5.75 Å². The molecular weight excluding hydrogens is 473 g/mol. The summed E-state index contributed by atoms with van der Waals surface area (Å²) >= 11 is 0. The van der Waals surface area contributed by atoms with Gasteiger partial charge in [0, 0.05) is 16.7 Å². The number of nitrogens with zero attached hydrogens (tertiary/aromatic N) is 3. The molecule has 4 aromatic rings. The highest BCUT2D eigenvalue weighted by atomic mass is 19.4. The van der Waals surface area contributed by atoms with E-state index in [1.54, 1.807) is 18.2 Å². The maximum absolute atomic E-state index is 13.9. The van der Waals surface area contributed by atoms with Crippen LogP contribution in [0.1, 0.15) is 17.2 Å². The van der Waals surface area contributed by atoms with Crippen molar-refractivity contribution >= 4 is 6.09 Å². The van der Waals surface area contributed by atoms with E-state index in [0.29, 0.717) is 11.1 Å². The third-order valence-corrected chi connectivity index (χ3v) is 5.34. The minimum absolute atomic E-state index is 0.0579. The molecule has 2 aromatic carbocycles. The summed E-state index contributed by atoms with van der Waals surface area (Å²) in [6.07, 6.45) is -7.28. The smallest absolute Gasteiger partial charge is 0.422 e. The molecule has 1 unspecified atom stereocenters. The Bertz CT molecular complexity index is 1390. The van der Waals surface area contributed by atoms with Crippen molar-refractivity contribution in [2.75, 3.05) is 6.61 Å². The highest BCUT2D eigenvalue weighted by Crippen LogP contribution is 2.43.